The van der Waals surface area contributed by atoms with Crippen molar-refractivity contribution >= 4 is 11.3 Å². The third kappa shape index (κ3) is 3.73. The molecule has 1 aromatic heterocycles. The maximum Gasteiger partial charge on any atom is 0.120 e. The first-order valence-electron chi connectivity index (χ1n) is 6.83. The lowest BCUT2D eigenvalue weighted by Gasteiger charge is -2.10. The van der Waals surface area contributed by atoms with Crippen LogP contribution in [0.5, 0.6) is 0 Å². The molecule has 0 aliphatic heterocycles. The van der Waals surface area contributed by atoms with Gasteiger partial charge < -0.3 is 10.1 Å². The molecule has 0 spiro atoms. The van der Waals surface area contributed by atoms with Gasteiger partial charge in [-0.25, -0.2) is 0 Å². The van der Waals surface area contributed by atoms with E-state index in [1.165, 1.54) is 24.3 Å². The molecule has 102 valence electrons. The van der Waals surface area contributed by atoms with Crippen LogP contribution in [0.1, 0.15) is 42.1 Å². The van der Waals surface area contributed by atoms with E-state index in [2.05, 4.69) is 22.4 Å². The van der Waals surface area contributed by atoms with Gasteiger partial charge in [-0.2, -0.15) is 0 Å². The Hall–Kier alpha value is -0.520. The van der Waals surface area contributed by atoms with Crippen LogP contribution in [-0.4, -0.2) is 37.0 Å². The number of hydrogen-bond acceptors (Lipinski definition) is 5. The summed E-state index contributed by atoms with van der Waals surface area (Å²) in [6.07, 6.45) is 4.96. The van der Waals surface area contributed by atoms with Crippen molar-refractivity contribution in [2.45, 2.75) is 38.5 Å². The Kier molecular flexibility index (Phi) is 5.53. The van der Waals surface area contributed by atoms with Crippen molar-refractivity contribution in [3.8, 4) is 0 Å². The highest BCUT2D eigenvalue weighted by molar-refractivity contribution is 7.11. The van der Waals surface area contributed by atoms with E-state index in [4.69, 9.17) is 4.74 Å². The lowest BCUT2D eigenvalue weighted by Crippen LogP contribution is -2.21. The normalized spacial score (nSPS) is 23.7. The summed E-state index contributed by atoms with van der Waals surface area (Å²) in [7, 11) is 1.72. The van der Waals surface area contributed by atoms with Gasteiger partial charge in [-0.15, -0.1) is 21.5 Å². The number of aromatic nitrogens is 2. The summed E-state index contributed by atoms with van der Waals surface area (Å²) in [6, 6.07) is 0. The molecule has 2 rings (SSSR count). The standard InChI is InChI=1S/C13H23N3OS/c1-10-4-3-5-11(10)13-16-15-12(18-13)6-7-14-8-9-17-2/h10-11,14H,3-9H2,1-2H3. The molecule has 0 amide bonds. The molecule has 1 saturated carbocycles. The van der Waals surface area contributed by atoms with Gasteiger partial charge in [0.1, 0.15) is 10.0 Å². The molecule has 1 aliphatic carbocycles. The van der Waals surface area contributed by atoms with Crippen LogP contribution in [0, 0.1) is 5.92 Å². The Labute approximate surface area is 113 Å². The third-order valence-corrected chi connectivity index (χ3v) is 4.77. The van der Waals surface area contributed by atoms with Crippen LogP contribution in [-0.2, 0) is 11.2 Å². The second-order valence-electron chi connectivity index (χ2n) is 5.04. The summed E-state index contributed by atoms with van der Waals surface area (Å²) in [4.78, 5) is 0. The topological polar surface area (TPSA) is 47.0 Å². The molecule has 1 heterocycles. The van der Waals surface area contributed by atoms with Gasteiger partial charge in [-0.3, -0.25) is 0 Å². The monoisotopic (exact) mass is 269 g/mol. The third-order valence-electron chi connectivity index (χ3n) is 3.66. The van der Waals surface area contributed by atoms with Gasteiger partial charge in [0.2, 0.25) is 0 Å². The molecule has 4 nitrogen and oxygen atoms in total. The fourth-order valence-electron chi connectivity index (χ4n) is 2.52. The van der Waals surface area contributed by atoms with Crippen molar-refractivity contribution in [1.82, 2.24) is 15.5 Å². The lowest BCUT2D eigenvalue weighted by atomic mass is 9.99. The Bertz CT molecular complexity index is 356. The molecular weight excluding hydrogens is 246 g/mol. The van der Waals surface area contributed by atoms with Crippen LogP contribution < -0.4 is 5.32 Å². The quantitative estimate of drug-likeness (QED) is 0.771. The largest absolute Gasteiger partial charge is 0.383 e. The van der Waals surface area contributed by atoms with Crippen molar-refractivity contribution in [1.29, 1.82) is 0 Å². The van der Waals surface area contributed by atoms with Gasteiger partial charge in [0.25, 0.3) is 0 Å². The van der Waals surface area contributed by atoms with E-state index < -0.39 is 0 Å². The molecular formula is C13H23N3OS. The zero-order valence-corrected chi connectivity index (χ0v) is 12.1. The van der Waals surface area contributed by atoms with Gasteiger partial charge in [-0.05, 0) is 12.3 Å². The fraction of sp³-hybridized carbons (Fsp3) is 0.846. The van der Waals surface area contributed by atoms with E-state index in [0.717, 1.165) is 37.0 Å². The first-order chi connectivity index (χ1) is 8.81. The number of methoxy groups -OCH3 is 1. The predicted molar refractivity (Wildman–Crippen MR) is 74.1 cm³/mol. The van der Waals surface area contributed by atoms with Gasteiger partial charge in [-0.1, -0.05) is 19.8 Å². The lowest BCUT2D eigenvalue weighted by molar-refractivity contribution is 0.199. The minimum atomic E-state index is 0.665. The molecule has 0 aromatic carbocycles. The van der Waals surface area contributed by atoms with E-state index in [-0.39, 0.29) is 0 Å². The van der Waals surface area contributed by atoms with E-state index >= 15 is 0 Å². The van der Waals surface area contributed by atoms with Gasteiger partial charge >= 0.3 is 0 Å². The molecule has 1 aromatic rings. The number of rotatable bonds is 7. The molecule has 5 heteroatoms. The van der Waals surface area contributed by atoms with Crippen molar-refractivity contribution < 1.29 is 4.74 Å². The molecule has 1 fully saturated rings. The van der Waals surface area contributed by atoms with Crippen molar-refractivity contribution in [2.75, 3.05) is 26.8 Å². The van der Waals surface area contributed by atoms with Gasteiger partial charge in [0.05, 0.1) is 6.61 Å². The number of ether oxygens (including phenoxy) is 1. The molecule has 0 saturated heterocycles. The Morgan fingerprint density at radius 3 is 2.94 bits per heavy atom. The molecule has 2 atom stereocenters. The summed E-state index contributed by atoms with van der Waals surface area (Å²) in [5.41, 5.74) is 0. The van der Waals surface area contributed by atoms with E-state index in [9.17, 15) is 0 Å². The molecule has 2 unspecified atom stereocenters. The fourth-order valence-corrected chi connectivity index (χ4v) is 3.63. The van der Waals surface area contributed by atoms with Crippen molar-refractivity contribution in [3.63, 3.8) is 0 Å². The summed E-state index contributed by atoms with van der Waals surface area (Å²) in [6.45, 7) is 4.96. The Balaban J connectivity index is 1.75. The number of nitrogens with zero attached hydrogens (tertiary/aromatic N) is 2. The SMILES string of the molecule is COCCNCCc1nnc(C2CCCC2C)s1. The predicted octanol–water partition coefficient (Wildman–Crippen LogP) is 2.22. The van der Waals surface area contributed by atoms with Gasteiger partial charge in [0.15, 0.2) is 0 Å². The van der Waals surface area contributed by atoms with E-state index in [0.29, 0.717) is 5.92 Å². The van der Waals surface area contributed by atoms with Crippen molar-refractivity contribution in [2.24, 2.45) is 5.92 Å². The summed E-state index contributed by atoms with van der Waals surface area (Å²) in [5.74, 6) is 1.45. The molecule has 18 heavy (non-hydrogen) atoms. The zero-order valence-electron chi connectivity index (χ0n) is 11.3. The Morgan fingerprint density at radius 1 is 1.33 bits per heavy atom. The number of nitrogens with one attached hydrogen (secondary N) is 1. The van der Waals surface area contributed by atoms with Crippen molar-refractivity contribution in [3.05, 3.63) is 10.0 Å². The van der Waals surface area contributed by atoms with Crippen LogP contribution in [0.15, 0.2) is 0 Å². The zero-order chi connectivity index (χ0) is 12.8. The Morgan fingerprint density at radius 2 is 2.22 bits per heavy atom. The van der Waals surface area contributed by atoms with Crippen LogP contribution in [0.4, 0.5) is 0 Å². The first kappa shape index (κ1) is 13.9. The van der Waals surface area contributed by atoms with Gasteiger partial charge in [0, 0.05) is 32.5 Å². The van der Waals surface area contributed by atoms with E-state index in [1.54, 1.807) is 18.4 Å². The smallest absolute Gasteiger partial charge is 0.120 e. The highest BCUT2D eigenvalue weighted by atomic mass is 32.1. The second-order valence-corrected chi connectivity index (χ2v) is 6.14. The minimum Gasteiger partial charge on any atom is -0.383 e. The average Bonchev–Trinajstić information content (AvgIpc) is 2.97. The highest BCUT2D eigenvalue weighted by Gasteiger charge is 2.27. The van der Waals surface area contributed by atoms with Crippen LogP contribution >= 0.6 is 11.3 Å². The molecule has 1 N–H and O–H groups in total. The first-order valence-corrected chi connectivity index (χ1v) is 7.65. The maximum atomic E-state index is 4.99. The average molecular weight is 269 g/mol. The molecule has 0 bridgehead atoms. The van der Waals surface area contributed by atoms with Crippen LogP contribution in [0.25, 0.3) is 0 Å². The summed E-state index contributed by atoms with van der Waals surface area (Å²) < 4.78 is 4.99. The van der Waals surface area contributed by atoms with E-state index in [1.807, 2.05) is 0 Å². The molecule has 1 aliphatic rings. The van der Waals surface area contributed by atoms with Crippen LogP contribution in [0.2, 0.25) is 0 Å². The summed E-state index contributed by atoms with van der Waals surface area (Å²) >= 11 is 1.80. The maximum absolute atomic E-state index is 4.99. The molecule has 0 radical (unpaired) electrons. The minimum absolute atomic E-state index is 0.665. The second kappa shape index (κ2) is 7.16. The van der Waals surface area contributed by atoms with Crippen LogP contribution in [0.3, 0.4) is 0 Å². The highest BCUT2D eigenvalue weighted by Crippen LogP contribution is 2.40. The number of hydrogen-bond donors (Lipinski definition) is 1. The summed E-state index contributed by atoms with van der Waals surface area (Å²) in [5, 5.41) is 14.4.